The highest BCUT2D eigenvalue weighted by atomic mass is 35.5. The molecule has 6 nitrogen and oxygen atoms in total. The molecule has 0 aliphatic carbocycles. The van der Waals surface area contributed by atoms with Crippen LogP contribution in [0.2, 0.25) is 5.02 Å². The first-order chi connectivity index (χ1) is 13.3. The lowest BCUT2D eigenvalue weighted by molar-refractivity contribution is 0.0517. The summed E-state index contributed by atoms with van der Waals surface area (Å²) in [5, 5.41) is 12.1. The van der Waals surface area contributed by atoms with Gasteiger partial charge in [-0.2, -0.15) is 0 Å². The van der Waals surface area contributed by atoms with Gasteiger partial charge in [-0.3, -0.25) is 9.36 Å². The van der Waals surface area contributed by atoms with Gasteiger partial charge in [0.2, 0.25) is 0 Å². The van der Waals surface area contributed by atoms with Crippen LogP contribution in [0.1, 0.15) is 30.9 Å². The molecule has 0 amide bonds. The second-order valence-electron chi connectivity index (χ2n) is 6.44. The smallest absolute Gasteiger partial charge is 0.366 e. The van der Waals surface area contributed by atoms with E-state index < -0.39 is 17.1 Å². The van der Waals surface area contributed by atoms with E-state index in [1.807, 2.05) is 5.38 Å². The Balaban J connectivity index is 2.02. The molecule has 2 aromatic heterocycles. The number of aromatic nitrogens is 2. The molecule has 2 heterocycles. The van der Waals surface area contributed by atoms with Crippen LogP contribution in [0.4, 0.5) is 4.39 Å². The van der Waals surface area contributed by atoms with E-state index in [4.69, 9.17) is 16.3 Å². The number of nitrogens with zero attached hydrogens (tertiary/aromatic N) is 2. The molecule has 148 valence electrons. The topological polar surface area (TPSA) is 73.5 Å². The van der Waals surface area contributed by atoms with Crippen LogP contribution in [0.15, 0.2) is 45.3 Å². The molecule has 1 N–H and O–H groups in total. The highest BCUT2D eigenvalue weighted by molar-refractivity contribution is 7.13. The number of thiophene rings is 1. The van der Waals surface area contributed by atoms with Gasteiger partial charge in [-0.05, 0) is 29.5 Å². The van der Waals surface area contributed by atoms with Gasteiger partial charge in [-0.15, -0.1) is 11.3 Å². The number of halogens is 2. The van der Waals surface area contributed by atoms with Gasteiger partial charge in [0.05, 0.1) is 17.2 Å². The summed E-state index contributed by atoms with van der Waals surface area (Å²) < 4.78 is 20.7. The summed E-state index contributed by atoms with van der Waals surface area (Å²) in [4.78, 5) is 25.7. The molecule has 0 atom stereocenters. The Kier molecular flexibility index (Phi) is 6.02. The van der Waals surface area contributed by atoms with Crippen molar-refractivity contribution >= 4 is 22.9 Å². The molecule has 9 heteroatoms. The van der Waals surface area contributed by atoms with Gasteiger partial charge in [0.25, 0.3) is 5.56 Å². The Labute approximate surface area is 169 Å². The van der Waals surface area contributed by atoms with E-state index in [1.165, 1.54) is 34.1 Å². The molecule has 3 aromatic rings. The van der Waals surface area contributed by atoms with Gasteiger partial charge in [-0.25, -0.2) is 9.18 Å². The summed E-state index contributed by atoms with van der Waals surface area (Å²) >= 11 is 7.10. The van der Waals surface area contributed by atoms with Crippen molar-refractivity contribution in [3.05, 3.63) is 78.5 Å². The molecule has 0 saturated heterocycles. The van der Waals surface area contributed by atoms with Crippen LogP contribution in [0, 0.1) is 5.82 Å². The molecule has 0 bridgehead atoms. The standard InChI is InChI=1S/C19H18ClFN2O4S/c1-11(2)16-17(15-4-3-7-28-15)22(19(25)23(26)18(16)24)10-27-9-12-5-6-13(20)8-14(12)21/h3-8,11,26H,9-10H2,1-2H3. The minimum atomic E-state index is -0.922. The van der Waals surface area contributed by atoms with E-state index in [0.717, 1.165) is 0 Å². The highest BCUT2D eigenvalue weighted by Gasteiger charge is 2.23. The van der Waals surface area contributed by atoms with E-state index in [0.29, 0.717) is 16.1 Å². The van der Waals surface area contributed by atoms with Crippen molar-refractivity contribution in [1.29, 1.82) is 0 Å². The summed E-state index contributed by atoms with van der Waals surface area (Å²) in [5.74, 6) is -0.767. The van der Waals surface area contributed by atoms with Crippen LogP contribution < -0.4 is 11.2 Å². The van der Waals surface area contributed by atoms with Crippen molar-refractivity contribution in [1.82, 2.24) is 9.30 Å². The predicted molar refractivity (Wildman–Crippen MR) is 106 cm³/mol. The Bertz CT molecular complexity index is 1110. The Morgan fingerprint density at radius 1 is 1.29 bits per heavy atom. The van der Waals surface area contributed by atoms with Gasteiger partial charge in [0.1, 0.15) is 12.5 Å². The molecular formula is C19H18ClFN2O4S. The first kappa shape index (κ1) is 20.3. The van der Waals surface area contributed by atoms with Crippen molar-refractivity contribution in [3.8, 4) is 10.6 Å². The minimum Gasteiger partial charge on any atom is -0.421 e. The molecule has 0 aliphatic rings. The zero-order valence-corrected chi connectivity index (χ0v) is 16.8. The van der Waals surface area contributed by atoms with E-state index in [2.05, 4.69) is 0 Å². The number of rotatable bonds is 6. The van der Waals surface area contributed by atoms with Crippen molar-refractivity contribution in [2.45, 2.75) is 33.1 Å². The fourth-order valence-corrected chi connectivity index (χ4v) is 3.81. The van der Waals surface area contributed by atoms with Gasteiger partial charge in [-0.1, -0.05) is 42.3 Å². The lowest BCUT2D eigenvalue weighted by atomic mass is 10.0. The molecule has 0 unspecified atom stereocenters. The summed E-state index contributed by atoms with van der Waals surface area (Å²) in [6.07, 6.45) is 0. The number of ether oxygens (including phenoxy) is 1. The summed E-state index contributed by atoms with van der Waals surface area (Å²) in [6, 6.07) is 7.79. The Hall–Kier alpha value is -2.42. The van der Waals surface area contributed by atoms with Crippen molar-refractivity contribution in [3.63, 3.8) is 0 Å². The minimum absolute atomic E-state index is 0.0820. The fraction of sp³-hybridized carbons (Fsp3) is 0.263. The normalized spacial score (nSPS) is 11.3. The second kappa shape index (κ2) is 8.30. The zero-order valence-electron chi connectivity index (χ0n) is 15.2. The van der Waals surface area contributed by atoms with Gasteiger partial charge >= 0.3 is 5.69 Å². The molecule has 3 rings (SSSR count). The largest absolute Gasteiger partial charge is 0.421 e. The zero-order chi connectivity index (χ0) is 20.4. The van der Waals surface area contributed by atoms with Crippen molar-refractivity contribution in [2.24, 2.45) is 0 Å². The van der Waals surface area contributed by atoms with E-state index in [-0.39, 0.29) is 34.6 Å². The first-order valence-electron chi connectivity index (χ1n) is 8.45. The maximum absolute atomic E-state index is 13.9. The van der Waals surface area contributed by atoms with Crippen LogP contribution in [0.5, 0.6) is 0 Å². The average molecular weight is 425 g/mol. The highest BCUT2D eigenvalue weighted by Crippen LogP contribution is 2.29. The van der Waals surface area contributed by atoms with Crippen molar-refractivity contribution in [2.75, 3.05) is 0 Å². The molecule has 0 fully saturated rings. The van der Waals surface area contributed by atoms with Crippen molar-refractivity contribution < 1.29 is 14.3 Å². The van der Waals surface area contributed by atoms with E-state index in [9.17, 15) is 19.2 Å². The molecule has 0 saturated carbocycles. The third kappa shape index (κ3) is 3.89. The number of hydrogen-bond acceptors (Lipinski definition) is 5. The summed E-state index contributed by atoms with van der Waals surface area (Å²) in [5.41, 5.74) is -0.720. The molecule has 0 aliphatic heterocycles. The van der Waals surface area contributed by atoms with E-state index >= 15 is 0 Å². The lowest BCUT2D eigenvalue weighted by Crippen LogP contribution is -2.42. The maximum atomic E-state index is 13.9. The third-order valence-electron chi connectivity index (χ3n) is 4.18. The second-order valence-corrected chi connectivity index (χ2v) is 7.82. The monoisotopic (exact) mass is 424 g/mol. The first-order valence-corrected chi connectivity index (χ1v) is 9.71. The number of benzene rings is 1. The SMILES string of the molecule is CC(C)c1c(-c2cccs2)n(COCc2ccc(Cl)cc2F)c(=O)n(O)c1=O. The molecular weight excluding hydrogens is 407 g/mol. The van der Waals surface area contributed by atoms with Crippen LogP contribution >= 0.6 is 22.9 Å². The van der Waals surface area contributed by atoms with Crippen LogP contribution in [0.3, 0.4) is 0 Å². The van der Waals surface area contributed by atoms with Crippen LogP contribution in [-0.4, -0.2) is 14.5 Å². The summed E-state index contributed by atoms with van der Waals surface area (Å²) in [6.45, 7) is 3.22. The van der Waals surface area contributed by atoms with Gasteiger partial charge in [0.15, 0.2) is 0 Å². The Morgan fingerprint density at radius 3 is 2.64 bits per heavy atom. The molecule has 28 heavy (non-hydrogen) atoms. The fourth-order valence-electron chi connectivity index (χ4n) is 2.86. The quantitative estimate of drug-likeness (QED) is 0.605. The van der Waals surface area contributed by atoms with E-state index in [1.54, 1.807) is 26.0 Å². The predicted octanol–water partition coefficient (Wildman–Crippen LogP) is 4.07. The van der Waals surface area contributed by atoms with Crippen LogP contribution in [-0.2, 0) is 18.1 Å². The lowest BCUT2D eigenvalue weighted by Gasteiger charge is -2.18. The number of hydrogen-bond donors (Lipinski definition) is 1. The average Bonchev–Trinajstić information content (AvgIpc) is 3.17. The summed E-state index contributed by atoms with van der Waals surface area (Å²) in [7, 11) is 0. The van der Waals surface area contributed by atoms with Crippen LogP contribution in [0.25, 0.3) is 10.6 Å². The third-order valence-corrected chi connectivity index (χ3v) is 5.30. The van der Waals surface area contributed by atoms with Gasteiger partial charge < -0.3 is 9.94 Å². The molecule has 0 radical (unpaired) electrons. The van der Waals surface area contributed by atoms with Gasteiger partial charge in [0, 0.05) is 16.1 Å². The molecule has 0 spiro atoms. The molecule has 1 aromatic carbocycles. The maximum Gasteiger partial charge on any atom is 0.366 e. The Morgan fingerprint density at radius 2 is 2.04 bits per heavy atom.